The number of halogens is 1. The molecule has 2 nitrogen and oxygen atoms in total. The number of aliphatic hydroxyl groups is 1. The fourth-order valence-electron chi connectivity index (χ4n) is 1.08. The molecule has 0 amide bonds. The highest BCUT2D eigenvalue weighted by Crippen LogP contribution is 2.28. The van der Waals surface area contributed by atoms with E-state index in [1.54, 1.807) is 18.2 Å². The highest BCUT2D eigenvalue weighted by Gasteiger charge is 2.14. The lowest BCUT2D eigenvalue weighted by atomic mass is 10.1. The van der Waals surface area contributed by atoms with Crippen molar-refractivity contribution >= 4 is 22.9 Å². The summed E-state index contributed by atoms with van der Waals surface area (Å²) in [5.41, 5.74) is 0.768. The van der Waals surface area contributed by atoms with Gasteiger partial charge in [0.15, 0.2) is 0 Å². The van der Waals surface area contributed by atoms with Crippen LogP contribution in [0.5, 0.6) is 0 Å². The number of rotatable bonds is 2. The van der Waals surface area contributed by atoms with Gasteiger partial charge in [-0.2, -0.15) is 0 Å². The van der Waals surface area contributed by atoms with Crippen molar-refractivity contribution in [2.24, 2.45) is 0 Å². The molecule has 2 heterocycles. The summed E-state index contributed by atoms with van der Waals surface area (Å²) in [5.74, 6) is 0.537. The largest absolute Gasteiger partial charge is 0.466 e. The predicted octanol–water partition coefficient (Wildman–Crippen LogP) is 3.08. The molecule has 0 fully saturated rings. The van der Waals surface area contributed by atoms with Gasteiger partial charge in [0.1, 0.15) is 11.9 Å². The van der Waals surface area contributed by atoms with E-state index >= 15 is 0 Å². The number of furan rings is 1. The maximum Gasteiger partial charge on any atom is 0.137 e. The maximum absolute atomic E-state index is 9.75. The highest BCUT2D eigenvalue weighted by molar-refractivity contribution is 7.14. The van der Waals surface area contributed by atoms with Crippen LogP contribution < -0.4 is 0 Å². The van der Waals surface area contributed by atoms with E-state index in [4.69, 9.17) is 16.0 Å². The van der Waals surface area contributed by atoms with E-state index in [0.717, 1.165) is 5.56 Å². The summed E-state index contributed by atoms with van der Waals surface area (Å²) in [6, 6.07) is 5.21. The Morgan fingerprint density at radius 1 is 1.54 bits per heavy atom. The molecule has 1 N–H and O–H groups in total. The van der Waals surface area contributed by atoms with Gasteiger partial charge in [-0.15, -0.1) is 11.3 Å². The van der Waals surface area contributed by atoms with Gasteiger partial charge in [-0.25, -0.2) is 0 Å². The van der Waals surface area contributed by atoms with Crippen LogP contribution in [0.3, 0.4) is 0 Å². The molecule has 0 radical (unpaired) electrons. The summed E-state index contributed by atoms with van der Waals surface area (Å²) in [6.07, 6.45) is 0.825. The first-order chi connectivity index (χ1) is 6.27. The third-order valence-electron chi connectivity index (χ3n) is 1.72. The minimum atomic E-state index is -0.709. The van der Waals surface area contributed by atoms with Crippen molar-refractivity contribution in [3.05, 3.63) is 45.5 Å². The molecule has 1 unspecified atom stereocenters. The average Bonchev–Trinajstić information content (AvgIpc) is 2.72. The number of hydrogen-bond acceptors (Lipinski definition) is 3. The first-order valence-corrected chi connectivity index (χ1v) is 4.98. The Bertz CT molecular complexity index is 380. The van der Waals surface area contributed by atoms with E-state index in [-0.39, 0.29) is 0 Å². The van der Waals surface area contributed by atoms with Crippen LogP contribution in [0.25, 0.3) is 0 Å². The van der Waals surface area contributed by atoms with Gasteiger partial charge in [0, 0.05) is 5.56 Å². The monoisotopic (exact) mass is 214 g/mol. The molecule has 0 bridgehead atoms. The Labute approximate surface area is 84.4 Å². The Morgan fingerprint density at radius 2 is 2.38 bits per heavy atom. The third kappa shape index (κ3) is 1.77. The highest BCUT2D eigenvalue weighted by atomic mass is 35.5. The standard InChI is InChI=1S/C9H7ClO2S/c10-8-4-6(5-13-8)9(11)7-2-1-3-12-7/h1-5,9,11H. The van der Waals surface area contributed by atoms with Crippen LogP contribution in [0.15, 0.2) is 34.3 Å². The van der Waals surface area contributed by atoms with Gasteiger partial charge < -0.3 is 9.52 Å². The molecule has 0 spiro atoms. The quantitative estimate of drug-likeness (QED) is 0.834. The molecule has 13 heavy (non-hydrogen) atoms. The van der Waals surface area contributed by atoms with Gasteiger partial charge in [0.05, 0.1) is 10.6 Å². The Kier molecular flexibility index (Phi) is 2.40. The number of thiophene rings is 1. The summed E-state index contributed by atoms with van der Waals surface area (Å²) in [5, 5.41) is 11.6. The minimum Gasteiger partial charge on any atom is -0.466 e. The zero-order valence-corrected chi connectivity index (χ0v) is 8.18. The SMILES string of the molecule is OC(c1csc(Cl)c1)c1ccco1. The van der Waals surface area contributed by atoms with Crippen molar-refractivity contribution in [1.82, 2.24) is 0 Å². The van der Waals surface area contributed by atoms with Crippen LogP contribution in [-0.4, -0.2) is 5.11 Å². The van der Waals surface area contributed by atoms with Crippen molar-refractivity contribution in [2.45, 2.75) is 6.10 Å². The molecule has 0 saturated carbocycles. The summed E-state index contributed by atoms with van der Waals surface area (Å²) in [6.45, 7) is 0. The van der Waals surface area contributed by atoms with Gasteiger partial charge in [-0.1, -0.05) is 11.6 Å². The lowest BCUT2D eigenvalue weighted by Crippen LogP contribution is -1.94. The van der Waals surface area contributed by atoms with Crippen LogP contribution in [0.1, 0.15) is 17.4 Å². The molecular formula is C9H7ClO2S. The fraction of sp³-hybridized carbons (Fsp3) is 0.111. The lowest BCUT2D eigenvalue weighted by molar-refractivity contribution is 0.190. The van der Waals surface area contributed by atoms with E-state index < -0.39 is 6.10 Å². The lowest BCUT2D eigenvalue weighted by Gasteiger charge is -2.03. The van der Waals surface area contributed by atoms with Gasteiger partial charge >= 0.3 is 0 Å². The molecule has 2 aromatic heterocycles. The Balaban J connectivity index is 2.28. The molecule has 1 atom stereocenters. The number of hydrogen-bond donors (Lipinski definition) is 1. The van der Waals surface area contributed by atoms with Gasteiger partial charge in [-0.05, 0) is 23.6 Å². The van der Waals surface area contributed by atoms with Crippen molar-refractivity contribution in [3.63, 3.8) is 0 Å². The predicted molar refractivity (Wildman–Crippen MR) is 52.1 cm³/mol. The second-order valence-corrected chi connectivity index (χ2v) is 4.14. The molecule has 0 aromatic carbocycles. The average molecular weight is 215 g/mol. The van der Waals surface area contributed by atoms with Crippen molar-refractivity contribution < 1.29 is 9.52 Å². The van der Waals surface area contributed by atoms with Crippen molar-refractivity contribution in [2.75, 3.05) is 0 Å². The second kappa shape index (κ2) is 3.54. The van der Waals surface area contributed by atoms with Gasteiger partial charge in [-0.3, -0.25) is 0 Å². The Hall–Kier alpha value is -0.770. The molecule has 0 saturated heterocycles. The van der Waals surface area contributed by atoms with Gasteiger partial charge in [0.25, 0.3) is 0 Å². The third-order valence-corrected chi connectivity index (χ3v) is 2.83. The molecule has 0 aliphatic carbocycles. The fourth-order valence-corrected chi connectivity index (χ4v) is 1.99. The van der Waals surface area contributed by atoms with Crippen LogP contribution in [0.4, 0.5) is 0 Å². The van der Waals surface area contributed by atoms with Crippen molar-refractivity contribution in [1.29, 1.82) is 0 Å². The van der Waals surface area contributed by atoms with E-state index in [2.05, 4.69) is 0 Å². The second-order valence-electron chi connectivity index (χ2n) is 2.60. The molecule has 0 aliphatic heterocycles. The smallest absolute Gasteiger partial charge is 0.137 e. The van der Waals surface area contributed by atoms with E-state index in [0.29, 0.717) is 10.1 Å². The van der Waals surface area contributed by atoms with Crippen LogP contribution in [-0.2, 0) is 0 Å². The molecule has 2 aromatic rings. The summed E-state index contributed by atoms with van der Waals surface area (Å²) < 4.78 is 5.74. The maximum atomic E-state index is 9.75. The molecule has 68 valence electrons. The summed E-state index contributed by atoms with van der Waals surface area (Å²) in [7, 11) is 0. The molecular weight excluding hydrogens is 208 g/mol. The van der Waals surface area contributed by atoms with Crippen molar-refractivity contribution in [3.8, 4) is 0 Å². The zero-order valence-electron chi connectivity index (χ0n) is 6.61. The van der Waals surface area contributed by atoms with Gasteiger partial charge in [0.2, 0.25) is 0 Å². The summed E-state index contributed by atoms with van der Waals surface area (Å²) >= 11 is 7.14. The van der Waals surface area contributed by atoms with Crippen LogP contribution in [0.2, 0.25) is 4.34 Å². The summed E-state index contributed by atoms with van der Waals surface area (Å²) in [4.78, 5) is 0. The first kappa shape index (κ1) is 8.81. The normalized spacial score (nSPS) is 13.1. The topological polar surface area (TPSA) is 33.4 Å². The minimum absolute atomic E-state index is 0.537. The molecule has 2 rings (SSSR count). The van der Waals surface area contributed by atoms with Crippen LogP contribution >= 0.6 is 22.9 Å². The number of aliphatic hydroxyl groups excluding tert-OH is 1. The van der Waals surface area contributed by atoms with E-state index in [1.165, 1.54) is 17.6 Å². The van der Waals surface area contributed by atoms with Crippen LogP contribution in [0, 0.1) is 0 Å². The molecule has 4 heteroatoms. The molecule has 0 aliphatic rings. The Morgan fingerprint density at radius 3 is 2.92 bits per heavy atom. The first-order valence-electron chi connectivity index (χ1n) is 3.73. The van der Waals surface area contributed by atoms with E-state index in [9.17, 15) is 5.11 Å². The van der Waals surface area contributed by atoms with E-state index in [1.807, 2.05) is 5.38 Å². The zero-order chi connectivity index (χ0) is 9.26.